The Bertz CT molecular complexity index is 455. The van der Waals surface area contributed by atoms with Gasteiger partial charge in [0.05, 0.1) is 17.0 Å². The van der Waals surface area contributed by atoms with Gasteiger partial charge in [-0.3, -0.25) is 4.79 Å². The van der Waals surface area contributed by atoms with Crippen molar-refractivity contribution in [2.24, 2.45) is 0 Å². The van der Waals surface area contributed by atoms with Crippen molar-refractivity contribution in [1.29, 1.82) is 0 Å². The fraction of sp³-hybridized carbons (Fsp3) is 0.688. The molecule has 1 aliphatic rings. The maximum Gasteiger partial charge on any atom is 0.261 e. The fourth-order valence-corrected chi connectivity index (χ4v) is 4.09. The van der Waals surface area contributed by atoms with Crippen LogP contribution in [0.4, 0.5) is 0 Å². The summed E-state index contributed by atoms with van der Waals surface area (Å²) < 4.78 is 0. The first-order valence-electron chi connectivity index (χ1n) is 7.76. The van der Waals surface area contributed by atoms with Gasteiger partial charge in [-0.2, -0.15) is 0 Å². The number of rotatable bonds is 5. The van der Waals surface area contributed by atoms with E-state index < -0.39 is 0 Å². The smallest absolute Gasteiger partial charge is 0.261 e. The first-order chi connectivity index (χ1) is 9.65. The Balaban J connectivity index is 2.04. The van der Waals surface area contributed by atoms with Crippen molar-refractivity contribution in [1.82, 2.24) is 5.32 Å². The Hall–Kier alpha value is -0.870. The lowest BCUT2D eigenvalue weighted by Crippen LogP contribution is -2.44. The van der Waals surface area contributed by atoms with Crippen LogP contribution in [0.2, 0.25) is 0 Å². The predicted octanol–water partition coefficient (Wildman–Crippen LogP) is 3.30. The minimum Gasteiger partial charge on any atom is -0.391 e. The molecule has 0 bridgehead atoms. The van der Waals surface area contributed by atoms with E-state index in [0.29, 0.717) is 0 Å². The molecule has 0 aliphatic heterocycles. The van der Waals surface area contributed by atoms with Gasteiger partial charge >= 0.3 is 0 Å². The number of amides is 1. The van der Waals surface area contributed by atoms with Gasteiger partial charge in [-0.05, 0) is 37.3 Å². The molecule has 1 aromatic rings. The number of aliphatic hydroxyl groups excluding tert-OH is 1. The highest BCUT2D eigenvalue weighted by molar-refractivity contribution is 7.14. The molecule has 4 heteroatoms. The van der Waals surface area contributed by atoms with Gasteiger partial charge in [-0.15, -0.1) is 11.3 Å². The molecule has 0 spiro atoms. The maximum absolute atomic E-state index is 12.3. The quantitative estimate of drug-likeness (QED) is 0.875. The van der Waals surface area contributed by atoms with Crippen LogP contribution in [-0.4, -0.2) is 23.2 Å². The molecule has 3 nitrogen and oxygen atoms in total. The molecule has 1 amide bonds. The van der Waals surface area contributed by atoms with Crippen LogP contribution in [0.15, 0.2) is 6.07 Å². The largest absolute Gasteiger partial charge is 0.391 e. The fourth-order valence-electron chi connectivity index (χ4n) is 2.84. The zero-order chi connectivity index (χ0) is 14.5. The lowest BCUT2D eigenvalue weighted by Gasteiger charge is -2.28. The number of aliphatic hydroxyl groups is 1. The number of hydrogen-bond donors (Lipinski definition) is 2. The van der Waals surface area contributed by atoms with Gasteiger partial charge in [0.15, 0.2) is 0 Å². The standard InChI is InChI=1S/C16H25NO2S/c1-3-7-14-11(4-2)10-15(20-14)16(19)17-12-8-5-6-9-13(12)18/h10,12-13,18H,3-9H2,1-2H3,(H,17,19). The molecular formula is C16H25NO2S. The van der Waals surface area contributed by atoms with Crippen LogP contribution in [0.1, 0.15) is 66.1 Å². The SMILES string of the molecule is CCCc1sc(C(=O)NC2CCCCC2O)cc1CC. The van der Waals surface area contributed by atoms with Gasteiger partial charge in [0.25, 0.3) is 5.91 Å². The van der Waals surface area contributed by atoms with Crippen molar-refractivity contribution in [3.8, 4) is 0 Å². The van der Waals surface area contributed by atoms with Gasteiger partial charge in [0, 0.05) is 4.88 Å². The number of aryl methyl sites for hydroxylation is 2. The van der Waals surface area contributed by atoms with E-state index in [-0.39, 0.29) is 18.1 Å². The number of thiophene rings is 1. The molecule has 1 aliphatic carbocycles. The average Bonchev–Trinajstić information content (AvgIpc) is 2.85. The third-order valence-corrected chi connectivity index (χ3v) is 5.26. The molecule has 2 N–H and O–H groups in total. The first-order valence-corrected chi connectivity index (χ1v) is 8.57. The Kier molecular flexibility index (Phi) is 5.61. The molecule has 112 valence electrons. The third-order valence-electron chi connectivity index (χ3n) is 4.02. The van der Waals surface area contributed by atoms with Crippen molar-refractivity contribution >= 4 is 17.2 Å². The molecule has 0 radical (unpaired) electrons. The van der Waals surface area contributed by atoms with Crippen LogP contribution in [0, 0.1) is 0 Å². The van der Waals surface area contributed by atoms with Crippen molar-refractivity contribution in [3.05, 3.63) is 21.4 Å². The normalized spacial score (nSPS) is 22.8. The summed E-state index contributed by atoms with van der Waals surface area (Å²) in [6.45, 7) is 4.30. The molecule has 1 aromatic heterocycles. The second kappa shape index (κ2) is 7.23. The van der Waals surface area contributed by atoms with Crippen molar-refractivity contribution in [2.75, 3.05) is 0 Å². The zero-order valence-corrected chi connectivity index (χ0v) is 13.3. The van der Waals surface area contributed by atoms with Crippen molar-refractivity contribution in [2.45, 2.75) is 70.9 Å². The van der Waals surface area contributed by atoms with Crippen molar-refractivity contribution < 1.29 is 9.90 Å². The summed E-state index contributed by atoms with van der Waals surface area (Å²) in [5.41, 5.74) is 1.30. The molecule has 1 heterocycles. The molecule has 1 saturated carbocycles. The average molecular weight is 295 g/mol. The second-order valence-corrected chi connectivity index (χ2v) is 6.73. The number of nitrogens with one attached hydrogen (secondary N) is 1. The Morgan fingerprint density at radius 3 is 2.80 bits per heavy atom. The van der Waals surface area contributed by atoms with E-state index in [1.54, 1.807) is 11.3 Å². The Morgan fingerprint density at radius 1 is 1.40 bits per heavy atom. The van der Waals surface area contributed by atoms with E-state index in [0.717, 1.165) is 49.8 Å². The Labute approximate surface area is 125 Å². The molecule has 2 rings (SSSR count). The summed E-state index contributed by atoms with van der Waals surface area (Å²) in [5, 5.41) is 13.0. The molecule has 2 unspecified atom stereocenters. The maximum atomic E-state index is 12.3. The first kappa shape index (κ1) is 15.5. The minimum absolute atomic E-state index is 0.0157. The Morgan fingerprint density at radius 2 is 2.15 bits per heavy atom. The number of carbonyl (C=O) groups excluding carboxylic acids is 1. The highest BCUT2D eigenvalue weighted by Gasteiger charge is 2.25. The second-order valence-electron chi connectivity index (χ2n) is 5.59. The van der Waals surface area contributed by atoms with Gasteiger partial charge in [-0.25, -0.2) is 0 Å². The summed E-state index contributed by atoms with van der Waals surface area (Å²) >= 11 is 1.61. The summed E-state index contributed by atoms with van der Waals surface area (Å²) in [4.78, 5) is 14.5. The monoisotopic (exact) mass is 295 g/mol. The topological polar surface area (TPSA) is 49.3 Å². The zero-order valence-electron chi connectivity index (χ0n) is 12.4. The summed E-state index contributed by atoms with van der Waals surface area (Å²) in [6.07, 6.45) is 6.60. The van der Waals surface area contributed by atoms with Gasteiger partial charge in [0.2, 0.25) is 0 Å². The van der Waals surface area contributed by atoms with E-state index >= 15 is 0 Å². The highest BCUT2D eigenvalue weighted by Crippen LogP contribution is 2.25. The molecular weight excluding hydrogens is 270 g/mol. The van der Waals surface area contributed by atoms with Crippen LogP contribution in [0.3, 0.4) is 0 Å². The predicted molar refractivity (Wildman–Crippen MR) is 83.4 cm³/mol. The van der Waals surface area contributed by atoms with Gasteiger partial charge < -0.3 is 10.4 Å². The minimum atomic E-state index is -0.381. The summed E-state index contributed by atoms with van der Waals surface area (Å²) in [5.74, 6) is -0.0157. The summed E-state index contributed by atoms with van der Waals surface area (Å²) in [7, 11) is 0. The van der Waals surface area contributed by atoms with Crippen LogP contribution in [0.25, 0.3) is 0 Å². The van der Waals surface area contributed by atoms with E-state index in [1.807, 2.05) is 6.07 Å². The van der Waals surface area contributed by atoms with Crippen LogP contribution >= 0.6 is 11.3 Å². The van der Waals surface area contributed by atoms with E-state index in [9.17, 15) is 9.90 Å². The molecule has 0 saturated heterocycles. The lowest BCUT2D eigenvalue weighted by atomic mass is 9.92. The molecule has 0 aromatic carbocycles. The van der Waals surface area contributed by atoms with E-state index in [4.69, 9.17) is 0 Å². The number of hydrogen-bond acceptors (Lipinski definition) is 3. The molecule has 20 heavy (non-hydrogen) atoms. The summed E-state index contributed by atoms with van der Waals surface area (Å²) in [6, 6.07) is 1.96. The van der Waals surface area contributed by atoms with Crippen LogP contribution in [0.5, 0.6) is 0 Å². The lowest BCUT2D eigenvalue weighted by molar-refractivity contribution is 0.0720. The van der Waals surface area contributed by atoms with Crippen molar-refractivity contribution in [3.63, 3.8) is 0 Å². The van der Waals surface area contributed by atoms with Gasteiger partial charge in [-0.1, -0.05) is 33.1 Å². The van der Waals surface area contributed by atoms with Gasteiger partial charge in [0.1, 0.15) is 0 Å². The molecule has 2 atom stereocenters. The highest BCUT2D eigenvalue weighted by atomic mass is 32.1. The van der Waals surface area contributed by atoms with E-state index in [1.165, 1.54) is 10.4 Å². The van der Waals surface area contributed by atoms with E-state index in [2.05, 4.69) is 19.2 Å². The van der Waals surface area contributed by atoms with Crippen LogP contribution < -0.4 is 5.32 Å². The number of carbonyl (C=O) groups is 1. The third kappa shape index (κ3) is 3.61. The molecule has 1 fully saturated rings. The van der Waals surface area contributed by atoms with Crippen LogP contribution in [-0.2, 0) is 12.8 Å².